The molecule has 2 aromatic carbocycles. The van der Waals surface area contributed by atoms with Crippen molar-refractivity contribution in [2.75, 3.05) is 13.1 Å². The van der Waals surface area contributed by atoms with Gasteiger partial charge in [0.15, 0.2) is 0 Å². The second-order valence-electron chi connectivity index (χ2n) is 6.66. The molecular weight excluding hydrogens is 381 g/mol. The lowest BCUT2D eigenvalue weighted by Crippen LogP contribution is -2.34. The number of halogens is 3. The summed E-state index contributed by atoms with van der Waals surface area (Å²) in [4.78, 5) is 12.9. The number of fused-ring (bicyclic) bond motifs is 1. The van der Waals surface area contributed by atoms with E-state index < -0.39 is 12.5 Å². The summed E-state index contributed by atoms with van der Waals surface area (Å²) in [5.41, 5.74) is 2.33. The molecule has 0 saturated carbocycles. The summed E-state index contributed by atoms with van der Waals surface area (Å²) in [6.07, 6.45) is 0.450. The van der Waals surface area contributed by atoms with Crippen molar-refractivity contribution in [1.82, 2.24) is 10.3 Å². The summed E-state index contributed by atoms with van der Waals surface area (Å²) in [6.45, 7) is 2.06. The predicted molar refractivity (Wildman–Crippen MR) is 106 cm³/mol. The molecule has 0 atom stereocenters. The molecule has 0 unspecified atom stereocenters. The minimum absolute atomic E-state index is 0.290. The molecule has 2 heterocycles. The Kier molecular flexibility index (Phi) is 6.82. The first-order valence-corrected chi connectivity index (χ1v) is 9.30. The number of ether oxygens (including phenoxy) is 1. The number of alkyl halides is 3. The maximum Gasteiger partial charge on any atom is 0.446 e. The van der Waals surface area contributed by atoms with Gasteiger partial charge in [-0.3, -0.25) is 9.78 Å². The van der Waals surface area contributed by atoms with Crippen LogP contribution in [-0.4, -0.2) is 36.6 Å². The Morgan fingerprint density at radius 2 is 1.72 bits per heavy atom. The number of nitrogens with zero attached hydrogens (tertiary/aromatic N) is 1. The van der Waals surface area contributed by atoms with Gasteiger partial charge in [0.05, 0.1) is 0 Å². The minimum Gasteiger partial charge on any atom is -0.490 e. The van der Waals surface area contributed by atoms with Gasteiger partial charge in [-0.1, -0.05) is 30.3 Å². The second kappa shape index (κ2) is 9.52. The number of aromatic nitrogens is 1. The highest BCUT2D eigenvalue weighted by atomic mass is 19.4. The number of pyridine rings is 1. The van der Waals surface area contributed by atoms with Crippen molar-refractivity contribution in [3.05, 3.63) is 60.9 Å². The van der Waals surface area contributed by atoms with Crippen molar-refractivity contribution in [3.63, 3.8) is 0 Å². The molecule has 0 aliphatic carbocycles. The molecule has 0 amide bonds. The SMILES string of the molecule is O=CC(F)(F)F.c1ccc(-c2cc3cnccc3cc2OC2CCNCC2)cc1. The van der Waals surface area contributed by atoms with E-state index in [1.807, 2.05) is 24.5 Å². The van der Waals surface area contributed by atoms with Crippen LogP contribution in [-0.2, 0) is 4.79 Å². The first-order chi connectivity index (χ1) is 14.0. The van der Waals surface area contributed by atoms with Crippen molar-refractivity contribution in [1.29, 1.82) is 0 Å². The molecule has 152 valence electrons. The molecule has 0 bridgehead atoms. The molecule has 1 aliphatic rings. The zero-order valence-corrected chi connectivity index (χ0v) is 15.7. The van der Waals surface area contributed by atoms with E-state index in [0.717, 1.165) is 42.6 Å². The standard InChI is InChI=1S/C20H20N2O.C2HF3O/c1-2-4-15(5-3-1)19-12-17-14-22-9-6-16(17)13-20(19)23-18-7-10-21-11-8-18;3-2(4,5)1-6/h1-6,9,12-14,18,21H,7-8,10-11H2;1H. The van der Waals surface area contributed by atoms with E-state index in [1.165, 1.54) is 10.9 Å². The Labute approximate surface area is 166 Å². The van der Waals surface area contributed by atoms with E-state index in [9.17, 15) is 13.2 Å². The van der Waals surface area contributed by atoms with E-state index in [4.69, 9.17) is 9.53 Å². The van der Waals surface area contributed by atoms with Crippen LogP contribution in [0, 0.1) is 0 Å². The third-order valence-corrected chi connectivity index (χ3v) is 4.54. The molecule has 0 radical (unpaired) electrons. The van der Waals surface area contributed by atoms with E-state index in [0.29, 0.717) is 0 Å². The fourth-order valence-electron chi connectivity index (χ4n) is 3.15. The number of carbonyl (C=O) groups excluding carboxylic acids is 1. The average molecular weight is 402 g/mol. The van der Waals surface area contributed by atoms with Gasteiger partial charge in [-0.25, -0.2) is 0 Å². The van der Waals surface area contributed by atoms with E-state index in [1.54, 1.807) is 0 Å². The largest absolute Gasteiger partial charge is 0.490 e. The van der Waals surface area contributed by atoms with Gasteiger partial charge in [0.25, 0.3) is 0 Å². The zero-order chi connectivity index (χ0) is 20.7. The van der Waals surface area contributed by atoms with Crippen LogP contribution in [0.15, 0.2) is 60.9 Å². The maximum atomic E-state index is 10.4. The van der Waals surface area contributed by atoms with Crippen LogP contribution >= 0.6 is 0 Å². The van der Waals surface area contributed by atoms with Crippen molar-refractivity contribution in [2.24, 2.45) is 0 Å². The quantitative estimate of drug-likeness (QED) is 0.641. The molecule has 1 N–H and O–H groups in total. The summed E-state index contributed by atoms with van der Waals surface area (Å²) < 4.78 is 37.6. The summed E-state index contributed by atoms with van der Waals surface area (Å²) in [5.74, 6) is 0.974. The zero-order valence-electron chi connectivity index (χ0n) is 15.7. The van der Waals surface area contributed by atoms with Crippen LogP contribution in [0.1, 0.15) is 12.8 Å². The Hall–Kier alpha value is -2.93. The van der Waals surface area contributed by atoms with Crippen LogP contribution in [0.3, 0.4) is 0 Å². The van der Waals surface area contributed by atoms with Gasteiger partial charge >= 0.3 is 6.18 Å². The molecule has 1 fully saturated rings. The van der Waals surface area contributed by atoms with Crippen LogP contribution in [0.2, 0.25) is 0 Å². The highest BCUT2D eigenvalue weighted by molar-refractivity contribution is 5.90. The number of nitrogens with one attached hydrogen (secondary N) is 1. The Morgan fingerprint density at radius 3 is 2.38 bits per heavy atom. The van der Waals surface area contributed by atoms with Crippen LogP contribution in [0.25, 0.3) is 21.9 Å². The van der Waals surface area contributed by atoms with Gasteiger partial charge < -0.3 is 10.1 Å². The molecule has 1 aromatic heterocycles. The number of piperidine rings is 1. The van der Waals surface area contributed by atoms with Crippen molar-refractivity contribution in [3.8, 4) is 16.9 Å². The fraction of sp³-hybridized carbons (Fsp3) is 0.273. The van der Waals surface area contributed by atoms with E-state index in [2.05, 4.69) is 46.7 Å². The number of benzene rings is 2. The van der Waals surface area contributed by atoms with Crippen molar-refractivity contribution >= 4 is 17.1 Å². The third kappa shape index (κ3) is 6.02. The second-order valence-corrected chi connectivity index (χ2v) is 6.66. The number of rotatable bonds is 3. The molecule has 3 aromatic rings. The fourth-order valence-corrected chi connectivity index (χ4v) is 3.15. The Balaban J connectivity index is 0.000000353. The normalized spacial score (nSPS) is 14.7. The Morgan fingerprint density at radius 1 is 1.03 bits per heavy atom. The molecule has 1 saturated heterocycles. The monoisotopic (exact) mass is 402 g/mol. The number of hydrogen-bond donors (Lipinski definition) is 1. The van der Waals surface area contributed by atoms with Gasteiger partial charge in [-0.2, -0.15) is 13.2 Å². The van der Waals surface area contributed by atoms with E-state index in [-0.39, 0.29) is 6.10 Å². The summed E-state index contributed by atoms with van der Waals surface area (Å²) >= 11 is 0. The predicted octanol–water partition coefficient (Wildman–Crippen LogP) is 4.78. The topological polar surface area (TPSA) is 51.2 Å². The van der Waals surface area contributed by atoms with Crippen LogP contribution in [0.4, 0.5) is 13.2 Å². The molecule has 0 spiro atoms. The van der Waals surface area contributed by atoms with Gasteiger partial charge in [0.1, 0.15) is 11.9 Å². The van der Waals surface area contributed by atoms with Gasteiger partial charge in [-0.15, -0.1) is 0 Å². The van der Waals surface area contributed by atoms with Crippen LogP contribution < -0.4 is 10.1 Å². The third-order valence-electron chi connectivity index (χ3n) is 4.54. The first kappa shape index (κ1) is 20.8. The number of hydrogen-bond acceptors (Lipinski definition) is 4. The van der Waals surface area contributed by atoms with Gasteiger partial charge in [-0.05, 0) is 55.1 Å². The summed E-state index contributed by atoms with van der Waals surface area (Å²) in [7, 11) is 0. The highest BCUT2D eigenvalue weighted by Gasteiger charge is 2.24. The maximum absolute atomic E-state index is 10.4. The lowest BCUT2D eigenvalue weighted by molar-refractivity contribution is -0.156. The van der Waals surface area contributed by atoms with Gasteiger partial charge in [0, 0.05) is 23.3 Å². The van der Waals surface area contributed by atoms with Crippen molar-refractivity contribution < 1.29 is 22.7 Å². The Bertz CT molecular complexity index is 940. The summed E-state index contributed by atoms with van der Waals surface area (Å²) in [6, 6.07) is 16.8. The van der Waals surface area contributed by atoms with Gasteiger partial charge in [0.2, 0.25) is 6.29 Å². The highest BCUT2D eigenvalue weighted by Crippen LogP contribution is 2.35. The molecular formula is C22H21F3N2O2. The molecule has 29 heavy (non-hydrogen) atoms. The molecule has 7 heteroatoms. The smallest absolute Gasteiger partial charge is 0.446 e. The molecule has 1 aliphatic heterocycles. The molecule has 4 rings (SSSR count). The van der Waals surface area contributed by atoms with Crippen LogP contribution in [0.5, 0.6) is 5.75 Å². The minimum atomic E-state index is -4.64. The molecule has 4 nitrogen and oxygen atoms in total. The van der Waals surface area contributed by atoms with E-state index >= 15 is 0 Å². The average Bonchev–Trinajstić information content (AvgIpc) is 2.74. The van der Waals surface area contributed by atoms with Crippen molar-refractivity contribution in [2.45, 2.75) is 25.1 Å². The lowest BCUT2D eigenvalue weighted by atomic mass is 10.0. The number of aldehydes is 1. The summed E-state index contributed by atoms with van der Waals surface area (Å²) in [5, 5.41) is 5.70. The lowest BCUT2D eigenvalue weighted by Gasteiger charge is -2.25. The first-order valence-electron chi connectivity index (χ1n) is 9.30. The number of carbonyl (C=O) groups is 1.